The molecule has 1 unspecified atom stereocenters. The molecule has 0 aromatic heterocycles. The van der Waals surface area contributed by atoms with E-state index < -0.39 is 0 Å². The normalized spacial score (nSPS) is 31.9. The van der Waals surface area contributed by atoms with Crippen LogP contribution in [0.1, 0.15) is 37.7 Å². The van der Waals surface area contributed by atoms with Gasteiger partial charge in [0.05, 0.1) is 12.0 Å². The number of ether oxygens (including phenoxy) is 1. The highest BCUT2D eigenvalue weighted by Gasteiger charge is 2.57. The van der Waals surface area contributed by atoms with Crippen LogP contribution in [0.3, 0.4) is 0 Å². The molecule has 1 aromatic carbocycles. The van der Waals surface area contributed by atoms with Crippen LogP contribution < -0.4 is 5.32 Å². The maximum absolute atomic E-state index is 12.4. The zero-order valence-electron chi connectivity index (χ0n) is 11.9. The minimum absolute atomic E-state index is 0.138. The van der Waals surface area contributed by atoms with Crippen LogP contribution in [-0.4, -0.2) is 24.5 Å². The van der Waals surface area contributed by atoms with Gasteiger partial charge in [0, 0.05) is 18.1 Å². The fourth-order valence-electron chi connectivity index (χ4n) is 3.71. The highest BCUT2D eigenvalue weighted by Crippen LogP contribution is 2.57. The number of piperidine rings is 1. The first-order valence-electron chi connectivity index (χ1n) is 7.25. The highest BCUT2D eigenvalue weighted by atomic mass is 35.5. The molecule has 1 aliphatic carbocycles. The third kappa shape index (κ3) is 2.47. The van der Waals surface area contributed by atoms with E-state index in [9.17, 15) is 9.59 Å². The van der Waals surface area contributed by atoms with Crippen molar-refractivity contribution in [2.45, 2.75) is 38.2 Å². The molecule has 3 rings (SSSR count). The smallest absolute Gasteiger partial charge is 0.234 e. The Bertz CT molecular complexity index is 581. The molecule has 1 heterocycles. The predicted octanol–water partition coefficient (Wildman–Crippen LogP) is 2.66. The summed E-state index contributed by atoms with van der Waals surface area (Å²) in [5.74, 6) is -0.812. The van der Waals surface area contributed by atoms with Crippen molar-refractivity contribution in [2.24, 2.45) is 5.41 Å². The molecule has 0 radical (unpaired) electrons. The molecule has 1 aromatic rings. The number of imide groups is 1. The van der Waals surface area contributed by atoms with Crippen LogP contribution in [0.5, 0.6) is 0 Å². The molecule has 112 valence electrons. The van der Waals surface area contributed by atoms with Crippen molar-refractivity contribution < 1.29 is 14.3 Å². The highest BCUT2D eigenvalue weighted by molar-refractivity contribution is 6.31. The number of rotatable bonds is 3. The van der Waals surface area contributed by atoms with Gasteiger partial charge < -0.3 is 4.74 Å². The lowest BCUT2D eigenvalue weighted by Gasteiger charge is -2.53. The van der Waals surface area contributed by atoms with E-state index in [2.05, 4.69) is 5.32 Å². The number of hydrogen-bond acceptors (Lipinski definition) is 3. The van der Waals surface area contributed by atoms with Gasteiger partial charge in [-0.1, -0.05) is 29.8 Å². The molecule has 2 amide bonds. The van der Waals surface area contributed by atoms with E-state index in [1.165, 1.54) is 0 Å². The summed E-state index contributed by atoms with van der Waals surface area (Å²) in [6, 6.07) is 7.37. The molecule has 1 saturated carbocycles. The summed E-state index contributed by atoms with van der Waals surface area (Å²) in [6.45, 7) is 2.60. The van der Waals surface area contributed by atoms with Gasteiger partial charge in [-0.15, -0.1) is 0 Å². The fourth-order valence-corrected chi connectivity index (χ4v) is 3.96. The van der Waals surface area contributed by atoms with E-state index in [4.69, 9.17) is 16.3 Å². The van der Waals surface area contributed by atoms with Gasteiger partial charge in [-0.2, -0.15) is 0 Å². The van der Waals surface area contributed by atoms with E-state index in [1.807, 2.05) is 25.1 Å². The Morgan fingerprint density at radius 3 is 2.71 bits per heavy atom. The van der Waals surface area contributed by atoms with Crippen LogP contribution >= 0.6 is 11.6 Å². The first kappa shape index (κ1) is 14.5. The van der Waals surface area contributed by atoms with E-state index in [1.54, 1.807) is 6.07 Å². The second-order valence-electron chi connectivity index (χ2n) is 5.89. The lowest BCUT2D eigenvalue weighted by molar-refractivity contribution is -0.153. The van der Waals surface area contributed by atoms with Gasteiger partial charge in [0.15, 0.2) is 0 Å². The third-order valence-electron chi connectivity index (χ3n) is 4.54. The summed E-state index contributed by atoms with van der Waals surface area (Å²) in [7, 11) is 0. The van der Waals surface area contributed by atoms with Gasteiger partial charge in [-0.05, 0) is 36.8 Å². The molecule has 0 bridgehead atoms. The fraction of sp³-hybridized carbons (Fsp3) is 0.500. The van der Waals surface area contributed by atoms with Gasteiger partial charge in [0.25, 0.3) is 0 Å². The van der Waals surface area contributed by atoms with Gasteiger partial charge in [-0.3, -0.25) is 14.9 Å². The Morgan fingerprint density at radius 2 is 2.05 bits per heavy atom. The van der Waals surface area contributed by atoms with Crippen LogP contribution in [0, 0.1) is 5.41 Å². The minimum Gasteiger partial charge on any atom is -0.378 e. The third-order valence-corrected chi connectivity index (χ3v) is 4.88. The standard InChI is InChI=1S/C16H18ClNO3/c1-2-21-10-7-16(8-10)9-13(19)18-15(20)14(16)11-5-3-4-6-12(11)17/h3-6,10,14H,2,7-9H2,1H3,(H,18,19,20). The molecule has 2 aliphatic rings. The Morgan fingerprint density at radius 1 is 1.33 bits per heavy atom. The van der Waals surface area contributed by atoms with E-state index in [0.717, 1.165) is 18.4 Å². The van der Waals surface area contributed by atoms with Crippen LogP contribution in [-0.2, 0) is 14.3 Å². The van der Waals surface area contributed by atoms with Crippen LogP contribution in [0.2, 0.25) is 5.02 Å². The van der Waals surface area contributed by atoms with Crippen molar-refractivity contribution in [1.29, 1.82) is 0 Å². The molecule has 1 saturated heterocycles. The molecule has 1 aliphatic heterocycles. The second-order valence-corrected chi connectivity index (χ2v) is 6.30. The maximum atomic E-state index is 12.4. The summed E-state index contributed by atoms with van der Waals surface area (Å²) >= 11 is 6.27. The molecule has 1 atom stereocenters. The van der Waals surface area contributed by atoms with Gasteiger partial charge in [-0.25, -0.2) is 0 Å². The molecule has 2 fully saturated rings. The number of benzene rings is 1. The predicted molar refractivity (Wildman–Crippen MR) is 79.0 cm³/mol. The molecule has 1 N–H and O–H groups in total. The van der Waals surface area contributed by atoms with Crippen molar-refractivity contribution in [3.8, 4) is 0 Å². The van der Waals surface area contributed by atoms with Crippen molar-refractivity contribution in [3.63, 3.8) is 0 Å². The van der Waals surface area contributed by atoms with E-state index in [0.29, 0.717) is 18.1 Å². The van der Waals surface area contributed by atoms with Gasteiger partial charge in [0.2, 0.25) is 11.8 Å². The van der Waals surface area contributed by atoms with E-state index in [-0.39, 0.29) is 29.3 Å². The minimum atomic E-state index is -0.374. The number of carbonyl (C=O) groups is 2. The van der Waals surface area contributed by atoms with Crippen molar-refractivity contribution in [2.75, 3.05) is 6.61 Å². The van der Waals surface area contributed by atoms with Crippen LogP contribution in [0.15, 0.2) is 24.3 Å². The number of hydrogen-bond donors (Lipinski definition) is 1. The quantitative estimate of drug-likeness (QED) is 0.874. The summed E-state index contributed by atoms with van der Waals surface area (Å²) in [5, 5.41) is 3.02. The second kappa shape index (κ2) is 5.43. The van der Waals surface area contributed by atoms with Crippen molar-refractivity contribution in [1.82, 2.24) is 5.32 Å². The summed E-state index contributed by atoms with van der Waals surface area (Å²) in [4.78, 5) is 24.2. The van der Waals surface area contributed by atoms with Crippen LogP contribution in [0.4, 0.5) is 0 Å². The molecular formula is C16H18ClNO3. The van der Waals surface area contributed by atoms with Crippen molar-refractivity contribution >= 4 is 23.4 Å². The Balaban J connectivity index is 1.94. The zero-order chi connectivity index (χ0) is 15.0. The molecular weight excluding hydrogens is 290 g/mol. The summed E-state index contributed by atoms with van der Waals surface area (Å²) in [6.07, 6.45) is 1.96. The lowest BCUT2D eigenvalue weighted by atomic mass is 9.54. The number of carbonyl (C=O) groups excluding carboxylic acids is 2. The summed E-state index contributed by atoms with van der Waals surface area (Å²) < 4.78 is 5.61. The first-order chi connectivity index (χ1) is 10.1. The number of amides is 2. The largest absolute Gasteiger partial charge is 0.378 e. The van der Waals surface area contributed by atoms with E-state index >= 15 is 0 Å². The molecule has 4 nitrogen and oxygen atoms in total. The van der Waals surface area contributed by atoms with Crippen molar-refractivity contribution in [3.05, 3.63) is 34.9 Å². The Hall–Kier alpha value is -1.39. The average molecular weight is 308 g/mol. The van der Waals surface area contributed by atoms with Crippen LogP contribution in [0.25, 0.3) is 0 Å². The molecule has 1 spiro atoms. The van der Waals surface area contributed by atoms with Gasteiger partial charge >= 0.3 is 0 Å². The summed E-state index contributed by atoms with van der Waals surface area (Å²) in [5.41, 5.74) is 0.462. The number of halogens is 1. The maximum Gasteiger partial charge on any atom is 0.234 e. The zero-order valence-corrected chi connectivity index (χ0v) is 12.7. The Kier molecular flexibility index (Phi) is 3.76. The molecule has 5 heteroatoms. The van der Waals surface area contributed by atoms with Gasteiger partial charge in [0.1, 0.15) is 0 Å². The number of nitrogens with one attached hydrogen (secondary N) is 1. The SMILES string of the molecule is CCOC1CC2(CC(=O)NC(=O)C2c2ccccc2Cl)C1. The topological polar surface area (TPSA) is 55.4 Å². The Labute approximate surface area is 128 Å². The monoisotopic (exact) mass is 307 g/mol. The lowest BCUT2D eigenvalue weighted by Crippen LogP contribution is -2.57. The first-order valence-corrected chi connectivity index (χ1v) is 7.63. The average Bonchev–Trinajstić information content (AvgIpc) is 2.38. The molecule has 21 heavy (non-hydrogen) atoms.